The summed E-state index contributed by atoms with van der Waals surface area (Å²) in [5.74, 6) is 1.83. The zero-order valence-corrected chi connectivity index (χ0v) is 20.6. The van der Waals surface area contributed by atoms with Crippen LogP contribution in [0.5, 0.6) is 11.6 Å². The third-order valence-electron chi connectivity index (χ3n) is 6.34. The van der Waals surface area contributed by atoms with E-state index in [-0.39, 0.29) is 5.91 Å². The van der Waals surface area contributed by atoms with Crippen molar-refractivity contribution >= 4 is 35.1 Å². The Labute approximate surface area is 209 Å². The summed E-state index contributed by atoms with van der Waals surface area (Å²) in [5.41, 5.74) is 3.45. The van der Waals surface area contributed by atoms with Crippen molar-refractivity contribution in [3.8, 4) is 11.6 Å². The molecule has 0 saturated carbocycles. The number of benzene rings is 2. The smallest absolute Gasteiger partial charge is 0.254 e. The van der Waals surface area contributed by atoms with Crippen LogP contribution in [0.2, 0.25) is 10.0 Å². The fourth-order valence-electron chi connectivity index (χ4n) is 4.39. The van der Waals surface area contributed by atoms with Crippen molar-refractivity contribution in [2.45, 2.75) is 39.2 Å². The van der Waals surface area contributed by atoms with E-state index in [0.717, 1.165) is 42.8 Å². The molecule has 0 bridgehead atoms. The van der Waals surface area contributed by atoms with Gasteiger partial charge >= 0.3 is 0 Å². The molecule has 6 nitrogen and oxygen atoms in total. The van der Waals surface area contributed by atoms with Gasteiger partial charge in [0, 0.05) is 31.6 Å². The molecule has 1 amide bonds. The second-order valence-corrected chi connectivity index (χ2v) is 9.64. The van der Waals surface area contributed by atoms with E-state index in [2.05, 4.69) is 4.90 Å². The van der Waals surface area contributed by atoms with Crippen LogP contribution in [-0.2, 0) is 13.0 Å². The molecule has 34 heavy (non-hydrogen) atoms. The molecule has 1 aromatic heterocycles. The Morgan fingerprint density at radius 1 is 0.941 bits per heavy atom. The van der Waals surface area contributed by atoms with E-state index in [0.29, 0.717) is 52.7 Å². The van der Waals surface area contributed by atoms with Crippen molar-refractivity contribution in [3.63, 3.8) is 0 Å². The minimum absolute atomic E-state index is 0.106. The molecule has 2 aromatic carbocycles. The van der Waals surface area contributed by atoms with Crippen molar-refractivity contribution in [3.05, 3.63) is 74.9 Å². The summed E-state index contributed by atoms with van der Waals surface area (Å²) >= 11 is 12.2. The Hall–Kier alpha value is -2.83. The van der Waals surface area contributed by atoms with E-state index in [4.69, 9.17) is 37.9 Å². The molecule has 0 aliphatic carbocycles. The summed E-state index contributed by atoms with van der Waals surface area (Å²) in [6.07, 6.45) is 4.15. The van der Waals surface area contributed by atoms with E-state index >= 15 is 0 Å². The van der Waals surface area contributed by atoms with Gasteiger partial charge in [-0.05, 0) is 56.5 Å². The molecule has 8 heteroatoms. The average molecular weight is 497 g/mol. The van der Waals surface area contributed by atoms with Gasteiger partial charge in [-0.25, -0.2) is 4.98 Å². The van der Waals surface area contributed by atoms with Crippen molar-refractivity contribution in [2.24, 2.45) is 0 Å². The van der Waals surface area contributed by atoms with Gasteiger partial charge in [0.15, 0.2) is 0 Å². The van der Waals surface area contributed by atoms with E-state index in [1.165, 1.54) is 6.42 Å². The molecule has 0 unspecified atom stereocenters. The molecule has 3 heterocycles. The molecule has 0 atom stereocenters. The van der Waals surface area contributed by atoms with Gasteiger partial charge in [0.2, 0.25) is 11.8 Å². The minimum Gasteiger partial charge on any atom is -0.438 e. The molecule has 176 valence electrons. The van der Waals surface area contributed by atoms with Gasteiger partial charge in [-0.2, -0.15) is 4.98 Å². The van der Waals surface area contributed by atoms with Crippen molar-refractivity contribution < 1.29 is 9.53 Å². The highest BCUT2D eigenvalue weighted by atomic mass is 35.5. The van der Waals surface area contributed by atoms with Crippen LogP contribution >= 0.6 is 23.2 Å². The van der Waals surface area contributed by atoms with Crippen molar-refractivity contribution in [1.82, 2.24) is 14.9 Å². The van der Waals surface area contributed by atoms with Crippen LogP contribution in [0.4, 0.5) is 5.95 Å². The quantitative estimate of drug-likeness (QED) is 0.438. The highest BCUT2D eigenvalue weighted by Gasteiger charge is 2.29. The van der Waals surface area contributed by atoms with Gasteiger partial charge in [-0.15, -0.1) is 0 Å². The fourth-order valence-corrected chi connectivity index (χ4v) is 4.69. The molecule has 0 radical (unpaired) electrons. The number of ether oxygens (including phenoxy) is 1. The van der Waals surface area contributed by atoms with Gasteiger partial charge in [-0.1, -0.05) is 40.9 Å². The van der Waals surface area contributed by atoms with Gasteiger partial charge in [-0.3, -0.25) is 4.79 Å². The second-order valence-electron chi connectivity index (χ2n) is 8.82. The average Bonchev–Trinajstić information content (AvgIpc) is 2.87. The first-order valence-electron chi connectivity index (χ1n) is 11.6. The molecule has 1 fully saturated rings. The van der Waals surface area contributed by atoms with E-state index < -0.39 is 0 Å². The monoisotopic (exact) mass is 496 g/mol. The lowest BCUT2D eigenvalue weighted by atomic mass is 10.0. The van der Waals surface area contributed by atoms with E-state index in [1.54, 1.807) is 23.1 Å². The largest absolute Gasteiger partial charge is 0.438 e. The number of rotatable bonds is 4. The summed E-state index contributed by atoms with van der Waals surface area (Å²) < 4.78 is 6.28. The number of aromatic nitrogens is 2. The van der Waals surface area contributed by atoms with E-state index in [9.17, 15) is 4.79 Å². The second kappa shape index (κ2) is 9.80. The maximum absolute atomic E-state index is 13.2. The predicted molar refractivity (Wildman–Crippen MR) is 134 cm³/mol. The SMILES string of the molecule is Cc1ccc(Oc2nc(N3CCCCC3)nc3c2CN(C(=O)c2ccc(Cl)c(Cl)c2)CC3)cc1. The summed E-state index contributed by atoms with van der Waals surface area (Å²) in [6, 6.07) is 12.9. The lowest BCUT2D eigenvalue weighted by Crippen LogP contribution is -2.37. The fraction of sp³-hybridized carbons (Fsp3) is 0.346. The maximum atomic E-state index is 13.2. The molecule has 2 aliphatic heterocycles. The molecule has 5 rings (SSSR count). The van der Waals surface area contributed by atoms with Crippen LogP contribution in [0.3, 0.4) is 0 Å². The van der Waals surface area contributed by atoms with Crippen LogP contribution in [0, 0.1) is 6.92 Å². The molecule has 3 aromatic rings. The number of piperidine rings is 1. The zero-order chi connectivity index (χ0) is 23.7. The molecule has 1 saturated heterocycles. The molecule has 2 aliphatic rings. The number of hydrogen-bond acceptors (Lipinski definition) is 5. The Bertz CT molecular complexity index is 1210. The summed E-state index contributed by atoms with van der Waals surface area (Å²) in [4.78, 5) is 27.0. The highest BCUT2D eigenvalue weighted by molar-refractivity contribution is 6.42. The van der Waals surface area contributed by atoms with E-state index in [1.807, 2.05) is 31.2 Å². The van der Waals surface area contributed by atoms with Gasteiger partial charge in [0.1, 0.15) is 5.75 Å². The highest BCUT2D eigenvalue weighted by Crippen LogP contribution is 2.33. The van der Waals surface area contributed by atoms with Gasteiger partial charge in [0.25, 0.3) is 5.91 Å². The normalized spacial score (nSPS) is 15.7. The Morgan fingerprint density at radius 3 is 2.44 bits per heavy atom. The zero-order valence-electron chi connectivity index (χ0n) is 19.1. The first-order valence-corrected chi connectivity index (χ1v) is 12.4. The number of carbonyl (C=O) groups excluding carboxylic acids is 1. The first kappa shape index (κ1) is 22.9. The Balaban J connectivity index is 1.47. The number of nitrogens with zero attached hydrogens (tertiary/aromatic N) is 4. The third kappa shape index (κ3) is 4.84. The lowest BCUT2D eigenvalue weighted by Gasteiger charge is -2.32. The Kier molecular flexibility index (Phi) is 6.61. The standard InChI is InChI=1S/C26H26Cl2N4O2/c1-17-5-8-19(9-6-17)34-24-20-16-32(25(33)18-7-10-21(27)22(28)15-18)14-11-23(20)29-26(30-24)31-12-3-2-4-13-31/h5-10,15H,2-4,11-14,16H2,1H3. The van der Waals surface area contributed by atoms with Crippen molar-refractivity contribution in [2.75, 3.05) is 24.5 Å². The van der Waals surface area contributed by atoms with Crippen LogP contribution in [0.25, 0.3) is 0 Å². The Morgan fingerprint density at radius 2 is 1.71 bits per heavy atom. The van der Waals surface area contributed by atoms with Gasteiger partial charge in [0.05, 0.1) is 27.8 Å². The topological polar surface area (TPSA) is 58.6 Å². The number of carbonyl (C=O) groups is 1. The number of aryl methyl sites for hydroxylation is 1. The summed E-state index contributed by atoms with van der Waals surface area (Å²) in [6.45, 7) is 4.87. The third-order valence-corrected chi connectivity index (χ3v) is 7.08. The minimum atomic E-state index is -0.106. The molecular formula is C26H26Cl2N4O2. The number of halogens is 2. The number of fused-ring (bicyclic) bond motifs is 1. The predicted octanol–water partition coefficient (Wildman–Crippen LogP) is 6.07. The van der Waals surface area contributed by atoms with Crippen LogP contribution in [0.1, 0.15) is 46.4 Å². The van der Waals surface area contributed by atoms with Crippen LogP contribution < -0.4 is 9.64 Å². The number of amides is 1. The lowest BCUT2D eigenvalue weighted by molar-refractivity contribution is 0.0732. The van der Waals surface area contributed by atoms with Crippen LogP contribution in [0.15, 0.2) is 42.5 Å². The van der Waals surface area contributed by atoms with Crippen LogP contribution in [-0.4, -0.2) is 40.4 Å². The van der Waals surface area contributed by atoms with Gasteiger partial charge < -0.3 is 14.5 Å². The van der Waals surface area contributed by atoms with Crippen molar-refractivity contribution in [1.29, 1.82) is 0 Å². The molecule has 0 spiro atoms. The summed E-state index contributed by atoms with van der Waals surface area (Å²) in [5, 5.41) is 0.789. The molecule has 0 N–H and O–H groups in total. The first-order chi connectivity index (χ1) is 16.5. The number of hydrogen-bond donors (Lipinski definition) is 0. The summed E-state index contributed by atoms with van der Waals surface area (Å²) in [7, 11) is 0. The maximum Gasteiger partial charge on any atom is 0.254 e. The number of anilines is 1. The molecular weight excluding hydrogens is 471 g/mol.